The lowest BCUT2D eigenvalue weighted by Gasteiger charge is -2.34. The highest BCUT2D eigenvalue weighted by atomic mass is 16.2. The molecule has 2 aliphatic heterocycles. The lowest BCUT2D eigenvalue weighted by Crippen LogP contribution is -2.48. The highest BCUT2D eigenvalue weighted by Gasteiger charge is 2.24. The molecule has 0 atom stereocenters. The van der Waals surface area contributed by atoms with E-state index in [1.807, 2.05) is 23.1 Å². The van der Waals surface area contributed by atoms with Gasteiger partial charge in [-0.15, -0.1) is 0 Å². The maximum absolute atomic E-state index is 12.7. The van der Waals surface area contributed by atoms with E-state index < -0.39 is 0 Å². The molecule has 2 aliphatic rings. The zero-order valence-corrected chi connectivity index (χ0v) is 12.0. The van der Waals surface area contributed by atoms with Gasteiger partial charge in [0.1, 0.15) is 0 Å². The first-order chi connectivity index (χ1) is 9.79. The number of benzene rings is 1. The van der Waals surface area contributed by atoms with Crippen LogP contribution in [0.5, 0.6) is 0 Å². The number of amides is 1. The summed E-state index contributed by atoms with van der Waals surface area (Å²) in [6.07, 6.45) is 0. The molecule has 0 spiro atoms. The van der Waals surface area contributed by atoms with Crippen LogP contribution in [0, 0.1) is 0 Å². The van der Waals surface area contributed by atoms with Crippen molar-refractivity contribution >= 4 is 17.3 Å². The van der Waals surface area contributed by atoms with Crippen molar-refractivity contribution in [3.05, 3.63) is 23.8 Å². The Morgan fingerprint density at radius 3 is 2.65 bits per heavy atom. The maximum Gasteiger partial charge on any atom is 0.256 e. The summed E-state index contributed by atoms with van der Waals surface area (Å²) in [4.78, 5) is 17.1. The Labute approximate surface area is 119 Å². The van der Waals surface area contributed by atoms with Gasteiger partial charge in [0.2, 0.25) is 0 Å². The van der Waals surface area contributed by atoms with Crippen LogP contribution in [-0.4, -0.2) is 61.5 Å². The molecule has 0 radical (unpaired) electrons. The second-order valence-electron chi connectivity index (χ2n) is 5.31. The van der Waals surface area contributed by atoms with Crippen LogP contribution < -0.4 is 10.6 Å². The molecular weight excluding hydrogens is 252 g/mol. The van der Waals surface area contributed by atoms with E-state index in [4.69, 9.17) is 0 Å². The first-order valence-corrected chi connectivity index (χ1v) is 7.42. The quantitative estimate of drug-likeness (QED) is 0.853. The summed E-state index contributed by atoms with van der Waals surface area (Å²) in [7, 11) is 0. The number of fused-ring (bicyclic) bond motifs is 1. The second kappa shape index (κ2) is 5.71. The van der Waals surface area contributed by atoms with Gasteiger partial charge in [-0.1, -0.05) is 13.0 Å². The number of hydrogen-bond donors (Lipinski definition) is 2. The first kappa shape index (κ1) is 13.2. The third kappa shape index (κ3) is 2.45. The number of carbonyl (C=O) groups is 1. The number of rotatable bonds is 2. The molecule has 1 aromatic rings. The predicted molar refractivity (Wildman–Crippen MR) is 81.4 cm³/mol. The summed E-state index contributed by atoms with van der Waals surface area (Å²) in [6.45, 7) is 8.59. The SMILES string of the molecule is CCN1CCN(C(=O)c2cccc3c2NCCN3)CC1. The third-order valence-electron chi connectivity index (χ3n) is 4.14. The number of piperazine rings is 1. The van der Waals surface area contributed by atoms with E-state index >= 15 is 0 Å². The van der Waals surface area contributed by atoms with E-state index in [1.54, 1.807) is 0 Å². The van der Waals surface area contributed by atoms with Gasteiger partial charge in [-0.05, 0) is 18.7 Å². The number of hydrogen-bond acceptors (Lipinski definition) is 4. The molecule has 0 saturated carbocycles. The van der Waals surface area contributed by atoms with Gasteiger partial charge >= 0.3 is 0 Å². The van der Waals surface area contributed by atoms with Crippen molar-refractivity contribution in [2.45, 2.75) is 6.92 Å². The van der Waals surface area contributed by atoms with E-state index in [2.05, 4.69) is 22.5 Å². The fourth-order valence-corrected chi connectivity index (χ4v) is 2.89. The van der Waals surface area contributed by atoms with Gasteiger partial charge in [0, 0.05) is 39.3 Å². The minimum absolute atomic E-state index is 0.147. The van der Waals surface area contributed by atoms with Gasteiger partial charge in [0.05, 0.1) is 16.9 Å². The van der Waals surface area contributed by atoms with Crippen molar-refractivity contribution in [3.8, 4) is 0 Å². The van der Waals surface area contributed by atoms with Gasteiger partial charge in [-0.25, -0.2) is 0 Å². The molecule has 108 valence electrons. The summed E-state index contributed by atoms with van der Waals surface area (Å²) < 4.78 is 0. The van der Waals surface area contributed by atoms with Crippen LogP contribution in [0.15, 0.2) is 18.2 Å². The Morgan fingerprint density at radius 2 is 1.90 bits per heavy atom. The molecule has 0 bridgehead atoms. The van der Waals surface area contributed by atoms with E-state index in [0.717, 1.165) is 62.8 Å². The van der Waals surface area contributed by atoms with Crippen molar-refractivity contribution in [1.82, 2.24) is 9.80 Å². The molecular formula is C15H22N4O. The van der Waals surface area contributed by atoms with Crippen molar-refractivity contribution in [2.24, 2.45) is 0 Å². The highest BCUT2D eigenvalue weighted by molar-refractivity contribution is 6.02. The van der Waals surface area contributed by atoms with E-state index in [1.165, 1.54) is 0 Å². The molecule has 0 unspecified atom stereocenters. The molecule has 1 fully saturated rings. The van der Waals surface area contributed by atoms with Crippen LogP contribution in [0.1, 0.15) is 17.3 Å². The molecule has 0 aromatic heterocycles. The lowest BCUT2D eigenvalue weighted by atomic mass is 10.1. The highest BCUT2D eigenvalue weighted by Crippen LogP contribution is 2.29. The van der Waals surface area contributed by atoms with Crippen molar-refractivity contribution in [2.75, 3.05) is 56.4 Å². The van der Waals surface area contributed by atoms with Gasteiger partial charge in [0.15, 0.2) is 0 Å². The Kier molecular flexibility index (Phi) is 3.78. The van der Waals surface area contributed by atoms with Crippen molar-refractivity contribution < 1.29 is 4.79 Å². The Morgan fingerprint density at radius 1 is 1.15 bits per heavy atom. The monoisotopic (exact) mass is 274 g/mol. The topological polar surface area (TPSA) is 47.6 Å². The second-order valence-corrected chi connectivity index (χ2v) is 5.31. The Bertz CT molecular complexity index is 495. The first-order valence-electron chi connectivity index (χ1n) is 7.42. The number of nitrogens with one attached hydrogen (secondary N) is 2. The zero-order chi connectivity index (χ0) is 13.9. The van der Waals surface area contributed by atoms with Crippen LogP contribution in [-0.2, 0) is 0 Å². The smallest absolute Gasteiger partial charge is 0.256 e. The molecule has 2 heterocycles. The number of carbonyl (C=O) groups excluding carboxylic acids is 1. The minimum atomic E-state index is 0.147. The van der Waals surface area contributed by atoms with Crippen LogP contribution >= 0.6 is 0 Å². The summed E-state index contributed by atoms with van der Waals surface area (Å²) in [5.41, 5.74) is 2.79. The minimum Gasteiger partial charge on any atom is -0.382 e. The fourth-order valence-electron chi connectivity index (χ4n) is 2.89. The molecule has 5 nitrogen and oxygen atoms in total. The number of likely N-dealkylation sites (N-methyl/N-ethyl adjacent to an activating group) is 1. The predicted octanol–water partition coefficient (Wildman–Crippen LogP) is 1.30. The molecule has 2 N–H and O–H groups in total. The van der Waals surface area contributed by atoms with E-state index in [-0.39, 0.29) is 5.91 Å². The van der Waals surface area contributed by atoms with Crippen molar-refractivity contribution in [1.29, 1.82) is 0 Å². The fraction of sp³-hybridized carbons (Fsp3) is 0.533. The Hall–Kier alpha value is -1.75. The van der Waals surface area contributed by atoms with E-state index in [9.17, 15) is 4.79 Å². The maximum atomic E-state index is 12.7. The van der Waals surface area contributed by atoms with Crippen LogP contribution in [0.25, 0.3) is 0 Å². The largest absolute Gasteiger partial charge is 0.382 e. The van der Waals surface area contributed by atoms with Gasteiger partial charge in [-0.2, -0.15) is 0 Å². The molecule has 1 aromatic carbocycles. The molecule has 5 heteroatoms. The van der Waals surface area contributed by atoms with Gasteiger partial charge < -0.3 is 20.4 Å². The summed E-state index contributed by atoms with van der Waals surface area (Å²) in [5, 5.41) is 6.69. The van der Waals surface area contributed by atoms with Gasteiger partial charge in [0.25, 0.3) is 5.91 Å². The van der Waals surface area contributed by atoms with Crippen LogP contribution in [0.4, 0.5) is 11.4 Å². The third-order valence-corrected chi connectivity index (χ3v) is 4.14. The number of para-hydroxylation sites is 1. The average molecular weight is 274 g/mol. The van der Waals surface area contributed by atoms with E-state index in [0.29, 0.717) is 0 Å². The lowest BCUT2D eigenvalue weighted by molar-refractivity contribution is 0.0644. The van der Waals surface area contributed by atoms with Gasteiger partial charge in [-0.3, -0.25) is 4.79 Å². The Balaban J connectivity index is 1.78. The summed E-state index contributed by atoms with van der Waals surface area (Å²) in [5.74, 6) is 0.147. The average Bonchev–Trinajstić information content (AvgIpc) is 2.54. The molecule has 3 rings (SSSR count). The molecule has 0 aliphatic carbocycles. The molecule has 1 amide bonds. The van der Waals surface area contributed by atoms with Crippen LogP contribution in [0.2, 0.25) is 0 Å². The number of nitrogens with zero attached hydrogens (tertiary/aromatic N) is 2. The standard InChI is InChI=1S/C15H22N4O/c1-2-18-8-10-19(11-9-18)15(20)12-4-3-5-13-14(12)17-7-6-16-13/h3-5,16-17H,2,6-11H2,1H3. The molecule has 1 saturated heterocycles. The van der Waals surface area contributed by atoms with Crippen LogP contribution in [0.3, 0.4) is 0 Å². The number of anilines is 2. The van der Waals surface area contributed by atoms with Crippen molar-refractivity contribution in [3.63, 3.8) is 0 Å². The molecule has 20 heavy (non-hydrogen) atoms. The summed E-state index contributed by atoms with van der Waals surface area (Å²) in [6, 6.07) is 5.90. The zero-order valence-electron chi connectivity index (χ0n) is 12.0. The normalized spacial score (nSPS) is 18.9. The summed E-state index contributed by atoms with van der Waals surface area (Å²) >= 11 is 0.